The van der Waals surface area contributed by atoms with E-state index in [-0.39, 0.29) is 0 Å². The molecule has 0 bridgehead atoms. The highest BCUT2D eigenvalue weighted by Crippen LogP contribution is 2.33. The van der Waals surface area contributed by atoms with Gasteiger partial charge in [0.1, 0.15) is 15.8 Å². The Hall–Kier alpha value is -0.710. The number of fused-ring (bicyclic) bond motifs is 1. The third kappa shape index (κ3) is 2.83. The Kier molecular flexibility index (Phi) is 3.98. The maximum Gasteiger partial charge on any atom is 0.145 e. The summed E-state index contributed by atoms with van der Waals surface area (Å²) in [5, 5.41) is 1.64. The molecule has 0 aromatic carbocycles. The molecule has 2 aromatic rings. The summed E-state index contributed by atoms with van der Waals surface area (Å²) in [4.78, 5) is 13.9. The molecule has 3 nitrogen and oxygen atoms in total. The van der Waals surface area contributed by atoms with Crippen LogP contribution < -0.4 is 0 Å². The lowest BCUT2D eigenvalue weighted by Gasteiger charge is -2.19. The zero-order chi connectivity index (χ0) is 14.3. The van der Waals surface area contributed by atoms with Crippen LogP contribution in [0.1, 0.15) is 36.0 Å². The molecule has 2 heterocycles. The van der Waals surface area contributed by atoms with Gasteiger partial charge in [0, 0.05) is 11.4 Å². The van der Waals surface area contributed by atoms with Gasteiger partial charge in [-0.2, -0.15) is 0 Å². The van der Waals surface area contributed by atoms with Gasteiger partial charge in [-0.3, -0.25) is 4.90 Å². The normalized spacial score (nSPS) is 15.4. The van der Waals surface area contributed by atoms with Gasteiger partial charge in [0.2, 0.25) is 0 Å². The summed E-state index contributed by atoms with van der Waals surface area (Å²) in [7, 11) is 0. The number of rotatable bonds is 5. The highest BCUT2D eigenvalue weighted by molar-refractivity contribution is 7.18. The molecule has 0 atom stereocenters. The molecule has 5 heteroatoms. The fourth-order valence-corrected chi connectivity index (χ4v) is 3.92. The first-order valence-electron chi connectivity index (χ1n) is 7.23. The maximum atomic E-state index is 6.36. The predicted octanol–water partition coefficient (Wildman–Crippen LogP) is 4.19. The minimum Gasteiger partial charge on any atom is -0.296 e. The van der Waals surface area contributed by atoms with E-state index in [0.717, 1.165) is 41.6 Å². The van der Waals surface area contributed by atoms with Gasteiger partial charge in [0.05, 0.1) is 11.9 Å². The molecule has 0 amide bonds. The Labute approximate surface area is 129 Å². The SMILES string of the molecule is CCN(Cc1nc(Cl)c2c(C)c(C)sc2n1)CC1CC1. The lowest BCUT2D eigenvalue weighted by atomic mass is 10.2. The Bertz CT molecular complexity index is 634. The van der Waals surface area contributed by atoms with E-state index >= 15 is 0 Å². The highest BCUT2D eigenvalue weighted by atomic mass is 35.5. The second-order valence-corrected chi connectivity index (χ2v) is 7.23. The van der Waals surface area contributed by atoms with Crippen LogP contribution >= 0.6 is 22.9 Å². The average Bonchev–Trinajstić information content (AvgIpc) is 3.16. The van der Waals surface area contributed by atoms with Gasteiger partial charge in [-0.1, -0.05) is 18.5 Å². The van der Waals surface area contributed by atoms with Crippen molar-refractivity contribution in [3.05, 3.63) is 21.4 Å². The van der Waals surface area contributed by atoms with Crippen LogP contribution in [0.5, 0.6) is 0 Å². The largest absolute Gasteiger partial charge is 0.296 e. The summed E-state index contributed by atoms with van der Waals surface area (Å²) >= 11 is 8.08. The second-order valence-electron chi connectivity index (χ2n) is 5.67. The summed E-state index contributed by atoms with van der Waals surface area (Å²) in [5.41, 5.74) is 1.21. The molecule has 108 valence electrons. The first-order chi connectivity index (χ1) is 9.58. The van der Waals surface area contributed by atoms with Crippen LogP contribution in [0.25, 0.3) is 10.2 Å². The minimum absolute atomic E-state index is 0.606. The van der Waals surface area contributed by atoms with Crippen molar-refractivity contribution in [2.75, 3.05) is 13.1 Å². The van der Waals surface area contributed by atoms with Crippen molar-refractivity contribution in [3.8, 4) is 0 Å². The fraction of sp³-hybridized carbons (Fsp3) is 0.600. The van der Waals surface area contributed by atoms with Gasteiger partial charge in [-0.15, -0.1) is 11.3 Å². The summed E-state index contributed by atoms with van der Waals surface area (Å²) in [6.45, 7) is 9.41. The zero-order valence-electron chi connectivity index (χ0n) is 12.2. The van der Waals surface area contributed by atoms with Crippen LogP contribution in [0.3, 0.4) is 0 Å². The van der Waals surface area contributed by atoms with Crippen molar-refractivity contribution in [2.24, 2.45) is 5.92 Å². The molecule has 0 radical (unpaired) electrons. The first-order valence-corrected chi connectivity index (χ1v) is 8.42. The van der Waals surface area contributed by atoms with Crippen molar-refractivity contribution >= 4 is 33.2 Å². The standard InChI is InChI=1S/C15H20ClN3S/c1-4-19(7-11-5-6-11)8-12-17-14(16)13-9(2)10(3)20-15(13)18-12/h11H,4-8H2,1-3H3. The molecule has 0 N–H and O–H groups in total. The zero-order valence-corrected chi connectivity index (χ0v) is 13.8. The van der Waals surface area contributed by atoms with Gasteiger partial charge in [-0.25, -0.2) is 9.97 Å². The van der Waals surface area contributed by atoms with Gasteiger partial charge < -0.3 is 0 Å². The lowest BCUT2D eigenvalue weighted by molar-refractivity contribution is 0.262. The molecule has 1 aliphatic carbocycles. The van der Waals surface area contributed by atoms with E-state index in [1.165, 1.54) is 23.3 Å². The van der Waals surface area contributed by atoms with E-state index in [2.05, 4.69) is 30.7 Å². The van der Waals surface area contributed by atoms with Crippen molar-refractivity contribution in [1.82, 2.24) is 14.9 Å². The van der Waals surface area contributed by atoms with E-state index in [4.69, 9.17) is 16.6 Å². The maximum absolute atomic E-state index is 6.36. The monoisotopic (exact) mass is 309 g/mol. The molecule has 0 unspecified atom stereocenters. The van der Waals surface area contributed by atoms with E-state index in [0.29, 0.717) is 5.15 Å². The van der Waals surface area contributed by atoms with Crippen LogP contribution in [-0.2, 0) is 6.54 Å². The Balaban J connectivity index is 1.87. The fourth-order valence-electron chi connectivity index (χ4n) is 2.48. The van der Waals surface area contributed by atoms with E-state index in [1.807, 2.05) is 0 Å². The van der Waals surface area contributed by atoms with E-state index in [9.17, 15) is 0 Å². The van der Waals surface area contributed by atoms with Gasteiger partial charge in [0.25, 0.3) is 0 Å². The molecule has 0 spiro atoms. The number of aromatic nitrogens is 2. The molecule has 2 aromatic heterocycles. The van der Waals surface area contributed by atoms with E-state index < -0.39 is 0 Å². The summed E-state index contributed by atoms with van der Waals surface area (Å²) in [6, 6.07) is 0. The topological polar surface area (TPSA) is 29.0 Å². The third-order valence-corrected chi connectivity index (χ3v) is 5.43. The van der Waals surface area contributed by atoms with Crippen molar-refractivity contribution < 1.29 is 0 Å². The number of halogens is 1. The van der Waals surface area contributed by atoms with Crippen LogP contribution in [-0.4, -0.2) is 28.0 Å². The first kappa shape index (κ1) is 14.2. The van der Waals surface area contributed by atoms with Crippen LogP contribution in [0.4, 0.5) is 0 Å². The molecule has 1 aliphatic rings. The van der Waals surface area contributed by atoms with Crippen LogP contribution in [0, 0.1) is 19.8 Å². The number of thiophene rings is 1. The van der Waals surface area contributed by atoms with E-state index in [1.54, 1.807) is 11.3 Å². The quantitative estimate of drug-likeness (QED) is 0.775. The molecule has 0 aliphatic heterocycles. The number of nitrogens with zero attached hydrogens (tertiary/aromatic N) is 3. The minimum atomic E-state index is 0.606. The van der Waals surface area contributed by atoms with Crippen molar-refractivity contribution in [2.45, 2.75) is 40.2 Å². The molecular weight excluding hydrogens is 290 g/mol. The average molecular weight is 310 g/mol. The van der Waals surface area contributed by atoms with Crippen molar-refractivity contribution in [1.29, 1.82) is 0 Å². The Morgan fingerprint density at radius 1 is 1.30 bits per heavy atom. The molecule has 1 fully saturated rings. The molecule has 3 rings (SSSR count). The second kappa shape index (κ2) is 5.58. The van der Waals surface area contributed by atoms with Gasteiger partial charge in [-0.05, 0) is 44.7 Å². The molecule has 0 saturated heterocycles. The lowest BCUT2D eigenvalue weighted by Crippen LogP contribution is -2.26. The van der Waals surface area contributed by atoms with Crippen LogP contribution in [0.15, 0.2) is 0 Å². The summed E-state index contributed by atoms with van der Waals surface area (Å²) in [5.74, 6) is 1.74. The smallest absolute Gasteiger partial charge is 0.145 e. The summed E-state index contributed by atoms with van der Waals surface area (Å²) < 4.78 is 0. The Morgan fingerprint density at radius 3 is 2.70 bits per heavy atom. The third-order valence-electron chi connectivity index (χ3n) is 4.06. The highest BCUT2D eigenvalue weighted by Gasteiger charge is 2.24. The Morgan fingerprint density at radius 2 is 2.05 bits per heavy atom. The molecular formula is C15H20ClN3S. The van der Waals surface area contributed by atoms with Gasteiger partial charge in [0.15, 0.2) is 0 Å². The van der Waals surface area contributed by atoms with Crippen molar-refractivity contribution in [3.63, 3.8) is 0 Å². The molecule has 20 heavy (non-hydrogen) atoms. The summed E-state index contributed by atoms with van der Waals surface area (Å²) in [6.07, 6.45) is 2.75. The predicted molar refractivity (Wildman–Crippen MR) is 85.6 cm³/mol. The van der Waals surface area contributed by atoms with Crippen LogP contribution in [0.2, 0.25) is 5.15 Å². The number of aryl methyl sites for hydroxylation is 2. The number of hydrogen-bond acceptors (Lipinski definition) is 4. The van der Waals surface area contributed by atoms with Gasteiger partial charge >= 0.3 is 0 Å². The molecule has 1 saturated carbocycles. The number of hydrogen-bond donors (Lipinski definition) is 0.